The smallest absolute Gasteiger partial charge is 0.462 e. The first-order valence-electron chi connectivity index (χ1n) is 36.5. The minimum atomic E-state index is -4.95. The number of aliphatic hydroxyl groups excluding tert-OH is 1. The third kappa shape index (κ3) is 64.6. The molecule has 19 heteroatoms. The molecule has 0 heterocycles. The predicted octanol–water partition coefficient (Wildman–Crippen LogP) is 20.0. The monoisotopic (exact) mass is 1310 g/mol. The van der Waals surface area contributed by atoms with Crippen molar-refractivity contribution in [1.82, 2.24) is 0 Å². The number of carbonyl (C=O) groups is 4. The second kappa shape index (κ2) is 62.2. The lowest BCUT2D eigenvalue weighted by Gasteiger charge is -2.21. The Hall–Kier alpha value is -1.94. The highest BCUT2D eigenvalue weighted by Gasteiger charge is 2.30. The van der Waals surface area contributed by atoms with Crippen LogP contribution < -0.4 is 0 Å². The van der Waals surface area contributed by atoms with E-state index in [9.17, 15) is 43.2 Å². The maximum atomic E-state index is 13.0. The molecule has 0 fully saturated rings. The van der Waals surface area contributed by atoms with E-state index in [1.807, 2.05) is 0 Å². The fourth-order valence-electron chi connectivity index (χ4n) is 10.6. The summed E-state index contributed by atoms with van der Waals surface area (Å²) in [6, 6.07) is 0. The van der Waals surface area contributed by atoms with Gasteiger partial charge >= 0.3 is 39.5 Å². The van der Waals surface area contributed by atoms with Crippen molar-refractivity contribution in [3.05, 3.63) is 0 Å². The van der Waals surface area contributed by atoms with Crippen molar-refractivity contribution in [2.24, 2.45) is 11.8 Å². The molecule has 0 bridgehead atoms. The van der Waals surface area contributed by atoms with Gasteiger partial charge < -0.3 is 33.8 Å². The highest BCUT2D eigenvalue weighted by molar-refractivity contribution is 7.47. The number of rotatable bonds is 69. The lowest BCUT2D eigenvalue weighted by atomic mass is 10.0. The van der Waals surface area contributed by atoms with E-state index in [1.165, 1.54) is 167 Å². The molecule has 89 heavy (non-hydrogen) atoms. The number of phosphoric acid groups is 2. The van der Waals surface area contributed by atoms with Crippen LogP contribution in [0.25, 0.3) is 0 Å². The number of carbonyl (C=O) groups excluding carboxylic acids is 4. The summed E-state index contributed by atoms with van der Waals surface area (Å²) in [5.41, 5.74) is 0. The molecule has 0 aliphatic carbocycles. The average Bonchev–Trinajstić information content (AvgIpc) is 3.71. The van der Waals surface area contributed by atoms with E-state index in [4.69, 9.17) is 37.0 Å². The van der Waals surface area contributed by atoms with E-state index >= 15 is 0 Å². The van der Waals surface area contributed by atoms with E-state index in [-0.39, 0.29) is 25.7 Å². The standard InChI is InChI=1S/C70H136O17P2/c1-7-9-11-13-15-17-19-20-21-26-29-33-40-46-52-67(72)80-58-65(86-70(75)55-49-43-35-31-27-23-22-25-28-32-38-44-50-62(3)4)60-84-88(76,77)82-56-64(71)57-83-89(78,79)85-61-66(59-81-68(73)53-47-41-37-36-39-45-51-63(5)6)87-69(74)54-48-42-34-30-24-18-16-14-12-10-8-2/h62-66,71H,7-61H2,1-6H3,(H,76,77)(H,78,79)/t64-,65-,66-/m1/s1. The number of ether oxygens (including phenoxy) is 4. The average molecular weight is 1310 g/mol. The summed E-state index contributed by atoms with van der Waals surface area (Å²) in [4.78, 5) is 72.5. The fraction of sp³-hybridized carbons (Fsp3) is 0.943. The third-order valence-electron chi connectivity index (χ3n) is 16.2. The quantitative estimate of drug-likeness (QED) is 0.0222. The lowest BCUT2D eigenvalue weighted by Crippen LogP contribution is -2.30. The molecule has 0 rings (SSSR count). The molecule has 2 unspecified atom stereocenters. The van der Waals surface area contributed by atoms with Crippen LogP contribution in [0.3, 0.4) is 0 Å². The van der Waals surface area contributed by atoms with Gasteiger partial charge in [-0.05, 0) is 37.5 Å². The number of aliphatic hydroxyl groups is 1. The Labute approximate surface area is 543 Å². The SMILES string of the molecule is CCCCCCCCCCCCCCCCC(=O)OC[C@H](COP(=O)(O)OC[C@@H](O)COP(=O)(O)OC[C@@H](COC(=O)CCCCCCCCC(C)C)OC(=O)CCCCCCCCCCCCC)OC(=O)CCCCCCCCCCCCCCC(C)C. The van der Waals surface area contributed by atoms with Gasteiger partial charge in [-0.25, -0.2) is 9.13 Å². The van der Waals surface area contributed by atoms with Crippen molar-refractivity contribution in [2.45, 2.75) is 374 Å². The van der Waals surface area contributed by atoms with Gasteiger partial charge in [0.1, 0.15) is 19.3 Å². The molecule has 528 valence electrons. The fourth-order valence-corrected chi connectivity index (χ4v) is 12.2. The molecule has 3 N–H and O–H groups in total. The van der Waals surface area contributed by atoms with E-state index in [1.54, 1.807) is 0 Å². The first-order valence-corrected chi connectivity index (χ1v) is 39.5. The van der Waals surface area contributed by atoms with E-state index < -0.39 is 97.5 Å². The maximum Gasteiger partial charge on any atom is 0.472 e. The van der Waals surface area contributed by atoms with Crippen LogP contribution in [-0.4, -0.2) is 96.7 Å². The van der Waals surface area contributed by atoms with E-state index in [0.717, 1.165) is 102 Å². The Morgan fingerprint density at radius 1 is 0.303 bits per heavy atom. The highest BCUT2D eigenvalue weighted by Crippen LogP contribution is 2.45. The molecule has 0 aliphatic heterocycles. The van der Waals surface area contributed by atoms with Crippen LogP contribution in [0.4, 0.5) is 0 Å². The molecule has 0 saturated heterocycles. The maximum absolute atomic E-state index is 13.0. The van der Waals surface area contributed by atoms with Crippen molar-refractivity contribution in [3.63, 3.8) is 0 Å². The van der Waals surface area contributed by atoms with Gasteiger partial charge in [0, 0.05) is 25.7 Å². The molecular formula is C70H136O17P2. The molecular weight excluding hydrogens is 1170 g/mol. The predicted molar refractivity (Wildman–Crippen MR) is 358 cm³/mol. The van der Waals surface area contributed by atoms with Gasteiger partial charge in [-0.1, -0.05) is 305 Å². The Kier molecular flexibility index (Phi) is 60.8. The second-order valence-corrected chi connectivity index (χ2v) is 29.1. The molecule has 0 aliphatic rings. The van der Waals surface area contributed by atoms with Crippen molar-refractivity contribution in [3.8, 4) is 0 Å². The summed E-state index contributed by atoms with van der Waals surface area (Å²) in [5.74, 6) is -0.668. The topological polar surface area (TPSA) is 237 Å². The normalized spacial score (nSPS) is 14.1. The number of unbranched alkanes of at least 4 members (excludes halogenated alkanes) is 39. The molecule has 0 saturated carbocycles. The Bertz CT molecular complexity index is 1730. The van der Waals surface area contributed by atoms with Gasteiger partial charge in [0.2, 0.25) is 0 Å². The zero-order chi connectivity index (χ0) is 65.7. The number of esters is 4. The third-order valence-corrected chi connectivity index (χ3v) is 18.1. The van der Waals surface area contributed by atoms with Gasteiger partial charge in [-0.3, -0.25) is 37.3 Å². The summed E-state index contributed by atoms with van der Waals surface area (Å²) in [6.07, 6.45) is 47.2. The van der Waals surface area contributed by atoms with Crippen molar-refractivity contribution in [1.29, 1.82) is 0 Å². The molecule has 5 atom stereocenters. The van der Waals surface area contributed by atoms with Crippen molar-refractivity contribution >= 4 is 39.5 Å². The number of phosphoric ester groups is 2. The Morgan fingerprint density at radius 3 is 0.764 bits per heavy atom. The molecule has 17 nitrogen and oxygen atoms in total. The van der Waals surface area contributed by atoms with E-state index in [0.29, 0.717) is 31.6 Å². The molecule has 0 aromatic heterocycles. The van der Waals surface area contributed by atoms with Crippen LogP contribution in [0.5, 0.6) is 0 Å². The summed E-state index contributed by atoms with van der Waals surface area (Å²) in [5, 5.41) is 10.6. The van der Waals surface area contributed by atoms with Gasteiger partial charge in [0.25, 0.3) is 0 Å². The van der Waals surface area contributed by atoms with Crippen LogP contribution in [0.1, 0.15) is 356 Å². The summed E-state index contributed by atoms with van der Waals surface area (Å²) in [7, 11) is -9.90. The van der Waals surface area contributed by atoms with Gasteiger partial charge in [0.15, 0.2) is 12.2 Å². The molecule has 0 amide bonds. The van der Waals surface area contributed by atoms with E-state index in [2.05, 4.69) is 41.5 Å². The summed E-state index contributed by atoms with van der Waals surface area (Å²) >= 11 is 0. The van der Waals surface area contributed by atoms with Gasteiger partial charge in [-0.15, -0.1) is 0 Å². The first-order chi connectivity index (χ1) is 42.9. The Morgan fingerprint density at radius 2 is 0.517 bits per heavy atom. The summed E-state index contributed by atoms with van der Waals surface area (Å²) < 4.78 is 68.2. The van der Waals surface area contributed by atoms with Crippen LogP contribution in [0.2, 0.25) is 0 Å². The highest BCUT2D eigenvalue weighted by atomic mass is 31.2. The molecule has 0 aromatic carbocycles. The molecule has 0 aromatic rings. The number of hydrogen-bond donors (Lipinski definition) is 3. The zero-order valence-corrected chi connectivity index (χ0v) is 59.5. The van der Waals surface area contributed by atoms with Crippen molar-refractivity contribution in [2.75, 3.05) is 39.6 Å². The largest absolute Gasteiger partial charge is 0.472 e. The lowest BCUT2D eigenvalue weighted by molar-refractivity contribution is -0.161. The van der Waals surface area contributed by atoms with Crippen molar-refractivity contribution < 1.29 is 80.2 Å². The van der Waals surface area contributed by atoms with Gasteiger partial charge in [0.05, 0.1) is 26.4 Å². The molecule has 0 radical (unpaired) electrons. The van der Waals surface area contributed by atoms with Crippen LogP contribution >= 0.6 is 15.6 Å². The molecule has 0 spiro atoms. The summed E-state index contributed by atoms with van der Waals surface area (Å²) in [6.45, 7) is 9.48. The van der Waals surface area contributed by atoms with Crippen LogP contribution in [0, 0.1) is 11.8 Å². The van der Waals surface area contributed by atoms with Gasteiger partial charge in [-0.2, -0.15) is 0 Å². The minimum absolute atomic E-state index is 0.106. The zero-order valence-electron chi connectivity index (χ0n) is 57.7. The van der Waals surface area contributed by atoms with Crippen LogP contribution in [-0.2, 0) is 65.4 Å². The minimum Gasteiger partial charge on any atom is -0.462 e. The number of hydrogen-bond acceptors (Lipinski definition) is 15. The first kappa shape index (κ1) is 87.1. The van der Waals surface area contributed by atoms with Crippen LogP contribution in [0.15, 0.2) is 0 Å². The second-order valence-electron chi connectivity index (χ2n) is 26.2. The Balaban J connectivity index is 5.24.